The van der Waals surface area contributed by atoms with Crippen LogP contribution in [0.4, 0.5) is 0 Å². The first kappa shape index (κ1) is 30.5. The van der Waals surface area contributed by atoms with E-state index in [1.54, 1.807) is 0 Å². The van der Waals surface area contributed by atoms with E-state index in [1.165, 1.54) is 7.11 Å². The Labute approximate surface area is 222 Å². The molecule has 0 radical (unpaired) electrons. The van der Waals surface area contributed by atoms with Crippen LogP contribution in [-0.4, -0.2) is 54.8 Å². The van der Waals surface area contributed by atoms with Crippen LogP contribution in [0.15, 0.2) is 24.3 Å². The van der Waals surface area contributed by atoms with Gasteiger partial charge in [-0.2, -0.15) is 11.8 Å². The number of unbranched alkanes of at least 4 members (excludes halogenated alkanes) is 1. The van der Waals surface area contributed by atoms with Gasteiger partial charge in [0.1, 0.15) is 22.9 Å². The summed E-state index contributed by atoms with van der Waals surface area (Å²) >= 11 is 1.82. The number of ether oxygens (including phenoxy) is 3. The van der Waals surface area contributed by atoms with Crippen LogP contribution in [0.1, 0.15) is 85.1 Å². The summed E-state index contributed by atoms with van der Waals surface area (Å²) in [7, 11) is 1.44. The number of benzene rings is 1. The van der Waals surface area contributed by atoms with Gasteiger partial charge in [0.15, 0.2) is 0 Å². The van der Waals surface area contributed by atoms with E-state index in [1.807, 2.05) is 50.7 Å². The molecule has 0 saturated carbocycles. The first-order valence-corrected chi connectivity index (χ1v) is 14.6. The molecule has 1 fully saturated rings. The van der Waals surface area contributed by atoms with Gasteiger partial charge in [0, 0.05) is 5.25 Å². The zero-order chi connectivity index (χ0) is 26.6. The maximum atomic E-state index is 13.6. The van der Waals surface area contributed by atoms with E-state index in [9.17, 15) is 9.59 Å². The predicted octanol–water partition coefficient (Wildman–Crippen LogP) is 5.95. The molecule has 0 aromatic heterocycles. The molecule has 2 atom stereocenters. The van der Waals surface area contributed by atoms with Crippen LogP contribution in [0.5, 0.6) is 5.75 Å². The Morgan fingerprint density at radius 1 is 1.11 bits per heavy atom. The average Bonchev–Trinajstić information content (AvgIpc) is 2.84. The largest absolute Gasteiger partial charge is 0.489 e. The van der Waals surface area contributed by atoms with E-state index in [-0.39, 0.29) is 23.3 Å². The van der Waals surface area contributed by atoms with E-state index in [4.69, 9.17) is 14.2 Å². The fraction of sp³-hybridized carbons (Fsp3) is 0.724. The first-order chi connectivity index (χ1) is 17.1. The second-order valence-electron chi connectivity index (χ2n) is 10.7. The second kappa shape index (κ2) is 14.9. The Kier molecular flexibility index (Phi) is 12.6. The highest BCUT2D eigenvalue weighted by Crippen LogP contribution is 2.41. The molecule has 1 aromatic carbocycles. The Balaban J connectivity index is 2.33. The third kappa shape index (κ3) is 9.29. The lowest BCUT2D eigenvalue weighted by Gasteiger charge is -2.43. The summed E-state index contributed by atoms with van der Waals surface area (Å²) in [6, 6.07) is 8.06. The van der Waals surface area contributed by atoms with E-state index in [2.05, 4.69) is 25.2 Å². The maximum Gasteiger partial charge on any atom is 0.316 e. The smallest absolute Gasteiger partial charge is 0.316 e. The fourth-order valence-electron chi connectivity index (χ4n) is 4.66. The number of rotatable bonds is 14. The van der Waals surface area contributed by atoms with Crippen molar-refractivity contribution in [2.24, 2.45) is 5.41 Å². The number of carbonyl (C=O) groups excluding carboxylic acids is 2. The number of thioether (sulfide) groups is 1. The normalized spacial score (nSPS) is 17.2. The summed E-state index contributed by atoms with van der Waals surface area (Å²) in [6.45, 7) is 11.6. The van der Waals surface area contributed by atoms with Crippen molar-refractivity contribution in [1.82, 2.24) is 5.32 Å². The van der Waals surface area contributed by atoms with Crippen LogP contribution in [-0.2, 0) is 25.5 Å². The molecule has 2 unspecified atom stereocenters. The molecule has 1 aliphatic heterocycles. The number of hydrogen-bond acceptors (Lipinski definition) is 7. The third-order valence-electron chi connectivity index (χ3n) is 6.63. The molecule has 204 valence electrons. The Morgan fingerprint density at radius 2 is 1.81 bits per heavy atom. The van der Waals surface area contributed by atoms with E-state index >= 15 is 0 Å². The van der Waals surface area contributed by atoms with Crippen molar-refractivity contribution in [2.45, 2.75) is 103 Å². The summed E-state index contributed by atoms with van der Waals surface area (Å²) in [4.78, 5) is 25.7. The number of carbonyl (C=O) groups is 2. The molecule has 0 bridgehead atoms. The summed E-state index contributed by atoms with van der Waals surface area (Å²) in [5.74, 6) is 1.45. The average molecular weight is 522 g/mol. The molecular weight excluding hydrogens is 474 g/mol. The van der Waals surface area contributed by atoms with Crippen LogP contribution in [0.2, 0.25) is 0 Å². The molecular formula is C29H47NO5S. The predicted molar refractivity (Wildman–Crippen MR) is 148 cm³/mol. The van der Waals surface area contributed by atoms with Crippen molar-refractivity contribution in [1.29, 1.82) is 0 Å². The number of nitrogens with one attached hydrogen (secondary N) is 1. The fourth-order valence-corrected chi connectivity index (χ4v) is 6.00. The van der Waals surface area contributed by atoms with Crippen LogP contribution < -0.4 is 10.1 Å². The summed E-state index contributed by atoms with van der Waals surface area (Å²) in [6.07, 6.45) is 6.08. The molecule has 0 amide bonds. The van der Waals surface area contributed by atoms with Gasteiger partial charge in [0.2, 0.25) is 0 Å². The zero-order valence-corrected chi connectivity index (χ0v) is 24.0. The Bertz CT molecular complexity index is 816. The number of piperidine rings is 1. The standard InChI is InChI=1S/C29H47NO5S/c1-7-9-19-36-23(21-26(31)33-6)20-22-13-10-11-14-24(22)34-25(12-8-2)29(15-17-30-18-16-29)27(32)35-28(3,4)5/h10-11,13-14,23,25,30H,7-9,12,15-21H2,1-6H3. The zero-order valence-electron chi connectivity index (χ0n) is 23.2. The second-order valence-corrected chi connectivity index (χ2v) is 12.1. The molecule has 36 heavy (non-hydrogen) atoms. The highest BCUT2D eigenvalue weighted by atomic mass is 32.2. The Morgan fingerprint density at radius 3 is 2.42 bits per heavy atom. The van der Waals surface area contributed by atoms with Gasteiger partial charge in [-0.3, -0.25) is 9.59 Å². The van der Waals surface area contributed by atoms with Crippen molar-refractivity contribution >= 4 is 23.7 Å². The number of hydrogen-bond donors (Lipinski definition) is 1. The molecule has 2 rings (SSSR count). The van der Waals surface area contributed by atoms with Crippen LogP contribution in [0.25, 0.3) is 0 Å². The van der Waals surface area contributed by atoms with E-state index in [0.717, 1.165) is 55.8 Å². The molecule has 0 aliphatic carbocycles. The number of para-hydroxylation sites is 1. The summed E-state index contributed by atoms with van der Waals surface area (Å²) < 4.78 is 17.7. The van der Waals surface area contributed by atoms with Crippen molar-refractivity contribution in [3.8, 4) is 5.75 Å². The summed E-state index contributed by atoms with van der Waals surface area (Å²) in [5, 5.41) is 3.50. The molecule has 1 aliphatic rings. The number of esters is 2. The topological polar surface area (TPSA) is 73.9 Å². The Hall–Kier alpha value is -1.73. The van der Waals surface area contributed by atoms with Gasteiger partial charge < -0.3 is 19.5 Å². The highest BCUT2D eigenvalue weighted by molar-refractivity contribution is 7.99. The van der Waals surface area contributed by atoms with Crippen molar-refractivity contribution in [3.63, 3.8) is 0 Å². The monoisotopic (exact) mass is 521 g/mol. The van der Waals surface area contributed by atoms with Crippen molar-refractivity contribution < 1.29 is 23.8 Å². The van der Waals surface area contributed by atoms with E-state index in [0.29, 0.717) is 25.7 Å². The first-order valence-electron chi connectivity index (χ1n) is 13.5. The quantitative estimate of drug-likeness (QED) is 0.239. The minimum atomic E-state index is -0.692. The van der Waals surface area contributed by atoms with Gasteiger partial charge in [-0.25, -0.2) is 0 Å². The van der Waals surface area contributed by atoms with Gasteiger partial charge >= 0.3 is 11.9 Å². The van der Waals surface area contributed by atoms with Crippen LogP contribution in [0.3, 0.4) is 0 Å². The lowest BCUT2D eigenvalue weighted by atomic mass is 9.72. The third-order valence-corrected chi connectivity index (χ3v) is 7.96. The summed E-state index contributed by atoms with van der Waals surface area (Å²) in [5.41, 5.74) is -0.187. The molecule has 1 heterocycles. The van der Waals surface area contributed by atoms with Gasteiger partial charge in [-0.1, -0.05) is 44.9 Å². The molecule has 0 spiro atoms. The number of methoxy groups -OCH3 is 1. The molecule has 7 heteroatoms. The van der Waals surface area contributed by atoms with Gasteiger partial charge in [0.05, 0.1) is 13.5 Å². The van der Waals surface area contributed by atoms with Crippen LogP contribution >= 0.6 is 11.8 Å². The van der Waals surface area contributed by atoms with E-state index < -0.39 is 11.0 Å². The minimum Gasteiger partial charge on any atom is -0.489 e. The molecule has 1 saturated heterocycles. The lowest BCUT2D eigenvalue weighted by Crippen LogP contribution is -2.53. The molecule has 6 nitrogen and oxygen atoms in total. The highest BCUT2D eigenvalue weighted by Gasteiger charge is 2.50. The minimum absolute atomic E-state index is 0.108. The molecule has 1 aromatic rings. The van der Waals surface area contributed by atoms with Gasteiger partial charge in [-0.15, -0.1) is 0 Å². The SMILES string of the molecule is CCCCSC(CC(=O)OC)Cc1ccccc1OC(CCC)C1(C(=O)OC(C)(C)C)CCNCC1. The van der Waals surface area contributed by atoms with Crippen molar-refractivity contribution in [3.05, 3.63) is 29.8 Å². The van der Waals surface area contributed by atoms with Gasteiger partial charge in [-0.05, 0) is 83.3 Å². The maximum absolute atomic E-state index is 13.6. The van der Waals surface area contributed by atoms with Gasteiger partial charge in [0.25, 0.3) is 0 Å². The lowest BCUT2D eigenvalue weighted by molar-refractivity contribution is -0.177. The molecule has 1 N–H and O–H groups in total. The van der Waals surface area contributed by atoms with Crippen molar-refractivity contribution in [2.75, 3.05) is 26.0 Å². The van der Waals surface area contributed by atoms with Crippen LogP contribution in [0, 0.1) is 5.41 Å².